The summed E-state index contributed by atoms with van der Waals surface area (Å²) in [6.07, 6.45) is 12.7. The van der Waals surface area contributed by atoms with Crippen molar-refractivity contribution in [3.05, 3.63) is 54.6 Å². The average Bonchev–Trinajstić information content (AvgIpc) is 2.62. The number of hydrogen-bond donors (Lipinski definition) is 1. The van der Waals surface area contributed by atoms with Gasteiger partial charge in [0.05, 0.1) is 11.9 Å². The van der Waals surface area contributed by atoms with Crippen molar-refractivity contribution in [2.45, 2.75) is 38.5 Å². The van der Waals surface area contributed by atoms with Crippen molar-refractivity contribution in [1.82, 2.24) is 9.97 Å². The Bertz CT molecular complexity index is 726. The summed E-state index contributed by atoms with van der Waals surface area (Å²) in [5.41, 5.74) is 1.39. The molecule has 4 heteroatoms. The fourth-order valence-electron chi connectivity index (χ4n) is 3.17. The van der Waals surface area contributed by atoms with Crippen molar-refractivity contribution >= 4 is 11.6 Å². The molecule has 0 radical (unpaired) electrons. The monoisotopic (exact) mass is 319 g/mol. The summed E-state index contributed by atoms with van der Waals surface area (Å²) in [5.74, 6) is 6.63. The Morgan fingerprint density at radius 3 is 2.50 bits per heavy atom. The van der Waals surface area contributed by atoms with Crippen LogP contribution >= 0.6 is 0 Å². The van der Waals surface area contributed by atoms with Crippen LogP contribution in [-0.2, 0) is 4.79 Å². The molecule has 122 valence electrons. The van der Waals surface area contributed by atoms with E-state index in [4.69, 9.17) is 0 Å². The molecule has 2 aromatic rings. The van der Waals surface area contributed by atoms with Crippen LogP contribution in [0.15, 0.2) is 49.1 Å². The second kappa shape index (κ2) is 7.74. The van der Waals surface area contributed by atoms with Crippen molar-refractivity contribution in [1.29, 1.82) is 0 Å². The number of nitrogens with zero attached hydrogens (tertiary/aromatic N) is 2. The fraction of sp³-hybridized carbons (Fsp3) is 0.350. The van der Waals surface area contributed by atoms with Gasteiger partial charge in [0, 0.05) is 36.0 Å². The number of amides is 1. The molecule has 0 aromatic carbocycles. The van der Waals surface area contributed by atoms with Gasteiger partial charge < -0.3 is 5.32 Å². The minimum atomic E-state index is -0.236. The highest BCUT2D eigenvalue weighted by atomic mass is 16.1. The van der Waals surface area contributed by atoms with Crippen LogP contribution < -0.4 is 5.32 Å². The summed E-state index contributed by atoms with van der Waals surface area (Å²) >= 11 is 0. The minimum Gasteiger partial charge on any atom is -0.325 e. The Balaban J connectivity index is 1.74. The van der Waals surface area contributed by atoms with Crippen LogP contribution in [0, 0.1) is 17.3 Å². The van der Waals surface area contributed by atoms with Gasteiger partial charge in [-0.05, 0) is 37.1 Å². The summed E-state index contributed by atoms with van der Waals surface area (Å²) in [6, 6.07) is 7.49. The minimum absolute atomic E-state index is 0.00499. The first-order valence-corrected chi connectivity index (χ1v) is 8.39. The lowest BCUT2D eigenvalue weighted by Gasteiger charge is -2.32. The van der Waals surface area contributed by atoms with E-state index >= 15 is 0 Å². The zero-order chi connectivity index (χ0) is 16.7. The van der Waals surface area contributed by atoms with Crippen LogP contribution in [-0.4, -0.2) is 15.9 Å². The summed E-state index contributed by atoms with van der Waals surface area (Å²) in [7, 11) is 0. The number of pyridine rings is 2. The highest BCUT2D eigenvalue weighted by Crippen LogP contribution is 2.39. The van der Waals surface area contributed by atoms with E-state index in [0.717, 1.165) is 36.9 Å². The number of aromatic nitrogens is 2. The highest BCUT2D eigenvalue weighted by Gasteiger charge is 2.32. The third kappa shape index (κ3) is 4.42. The molecule has 0 aliphatic heterocycles. The molecule has 24 heavy (non-hydrogen) atoms. The smallest absolute Gasteiger partial charge is 0.225 e. The zero-order valence-electron chi connectivity index (χ0n) is 13.7. The van der Waals surface area contributed by atoms with Gasteiger partial charge in [0.1, 0.15) is 0 Å². The molecule has 0 unspecified atom stereocenters. The van der Waals surface area contributed by atoms with Gasteiger partial charge in [0.2, 0.25) is 5.91 Å². The number of anilines is 1. The normalized spacial score (nSPS) is 15.8. The summed E-state index contributed by atoms with van der Waals surface area (Å²) in [5, 5.41) is 2.93. The molecular weight excluding hydrogens is 298 g/mol. The van der Waals surface area contributed by atoms with E-state index in [2.05, 4.69) is 27.1 Å². The first kappa shape index (κ1) is 16.2. The molecule has 1 amide bonds. The van der Waals surface area contributed by atoms with E-state index in [1.165, 1.54) is 6.42 Å². The topological polar surface area (TPSA) is 54.9 Å². The van der Waals surface area contributed by atoms with Gasteiger partial charge in [-0.25, -0.2) is 0 Å². The molecule has 1 aliphatic rings. The molecule has 0 bridgehead atoms. The Hall–Kier alpha value is -2.67. The molecule has 1 N–H and O–H groups in total. The lowest BCUT2D eigenvalue weighted by atomic mass is 9.72. The van der Waals surface area contributed by atoms with Gasteiger partial charge in [-0.15, -0.1) is 0 Å². The van der Waals surface area contributed by atoms with E-state index in [-0.39, 0.29) is 11.3 Å². The number of hydrogen-bond acceptors (Lipinski definition) is 3. The molecule has 3 rings (SSSR count). The summed E-state index contributed by atoms with van der Waals surface area (Å²) in [4.78, 5) is 20.6. The SMILES string of the molecule is O=C(CC1(C#Cc2cccnc2)CCCCC1)Nc1cccnc1. The molecular formula is C20H21N3O. The number of carbonyl (C=O) groups excluding carboxylic acids is 1. The molecule has 0 atom stereocenters. The maximum absolute atomic E-state index is 12.5. The van der Waals surface area contributed by atoms with Crippen LogP contribution in [0.5, 0.6) is 0 Å². The quantitative estimate of drug-likeness (QED) is 0.875. The molecule has 1 aliphatic carbocycles. The molecule has 0 spiro atoms. The molecule has 0 saturated heterocycles. The van der Waals surface area contributed by atoms with E-state index in [1.54, 1.807) is 24.8 Å². The third-order valence-corrected chi connectivity index (χ3v) is 4.39. The third-order valence-electron chi connectivity index (χ3n) is 4.39. The molecule has 2 heterocycles. The van der Waals surface area contributed by atoms with Crippen LogP contribution in [0.2, 0.25) is 0 Å². The lowest BCUT2D eigenvalue weighted by molar-refractivity contribution is -0.118. The number of rotatable bonds is 3. The van der Waals surface area contributed by atoms with Gasteiger partial charge in [0.15, 0.2) is 0 Å². The first-order valence-electron chi connectivity index (χ1n) is 8.39. The van der Waals surface area contributed by atoms with E-state index < -0.39 is 0 Å². The maximum atomic E-state index is 12.5. The zero-order valence-corrected chi connectivity index (χ0v) is 13.7. The predicted octanol–water partition coefficient (Wildman–Crippen LogP) is 3.81. The van der Waals surface area contributed by atoms with Crippen LogP contribution in [0.3, 0.4) is 0 Å². The summed E-state index contributed by atoms with van der Waals surface area (Å²) in [6.45, 7) is 0. The van der Waals surface area contributed by atoms with Crippen molar-refractivity contribution in [2.24, 2.45) is 5.41 Å². The average molecular weight is 319 g/mol. The standard InChI is InChI=1S/C20H21N3O/c24-19(23-18-7-5-13-22-16-18)14-20(9-2-1-3-10-20)11-8-17-6-4-12-21-15-17/h4-7,12-13,15-16H,1-3,9-10,14H2,(H,23,24). The maximum Gasteiger partial charge on any atom is 0.225 e. The highest BCUT2D eigenvalue weighted by molar-refractivity contribution is 5.91. The van der Waals surface area contributed by atoms with E-state index in [0.29, 0.717) is 6.42 Å². The van der Waals surface area contributed by atoms with Crippen molar-refractivity contribution in [3.8, 4) is 11.8 Å². The number of carbonyl (C=O) groups is 1. The lowest BCUT2D eigenvalue weighted by Crippen LogP contribution is -2.28. The van der Waals surface area contributed by atoms with Gasteiger partial charge in [0.25, 0.3) is 0 Å². The van der Waals surface area contributed by atoms with Crippen LogP contribution in [0.1, 0.15) is 44.1 Å². The van der Waals surface area contributed by atoms with E-state index in [1.807, 2.05) is 24.3 Å². The second-order valence-electron chi connectivity index (χ2n) is 6.30. The second-order valence-corrected chi connectivity index (χ2v) is 6.30. The first-order chi connectivity index (χ1) is 11.8. The van der Waals surface area contributed by atoms with Gasteiger partial charge in [-0.3, -0.25) is 14.8 Å². The molecule has 1 fully saturated rings. The van der Waals surface area contributed by atoms with Gasteiger partial charge in [-0.1, -0.05) is 31.1 Å². The molecule has 4 nitrogen and oxygen atoms in total. The van der Waals surface area contributed by atoms with Gasteiger partial charge in [-0.2, -0.15) is 0 Å². The van der Waals surface area contributed by atoms with E-state index in [9.17, 15) is 4.79 Å². The van der Waals surface area contributed by atoms with Crippen LogP contribution in [0.25, 0.3) is 0 Å². The Morgan fingerprint density at radius 2 is 1.83 bits per heavy atom. The number of nitrogens with one attached hydrogen (secondary N) is 1. The predicted molar refractivity (Wildman–Crippen MR) is 94.1 cm³/mol. The Kier molecular flexibility index (Phi) is 5.22. The molecule has 1 saturated carbocycles. The van der Waals surface area contributed by atoms with Crippen molar-refractivity contribution in [2.75, 3.05) is 5.32 Å². The largest absolute Gasteiger partial charge is 0.325 e. The molecule has 2 aromatic heterocycles. The fourth-order valence-corrected chi connectivity index (χ4v) is 3.17. The van der Waals surface area contributed by atoms with Crippen LogP contribution in [0.4, 0.5) is 5.69 Å². The summed E-state index contributed by atoms with van der Waals surface area (Å²) < 4.78 is 0. The van der Waals surface area contributed by atoms with Gasteiger partial charge >= 0.3 is 0 Å². The van der Waals surface area contributed by atoms with Crippen molar-refractivity contribution in [3.63, 3.8) is 0 Å². The Labute approximate surface area is 142 Å². The Morgan fingerprint density at radius 1 is 1.08 bits per heavy atom. The van der Waals surface area contributed by atoms with Crippen molar-refractivity contribution < 1.29 is 4.79 Å².